The predicted molar refractivity (Wildman–Crippen MR) is 95.3 cm³/mol. The smallest absolute Gasteiger partial charge is 0.296 e. The summed E-state index contributed by atoms with van der Waals surface area (Å²) in [5.74, 6) is -0.0209. The van der Waals surface area contributed by atoms with E-state index < -0.39 is 4.92 Å². The van der Waals surface area contributed by atoms with Crippen molar-refractivity contribution in [2.24, 2.45) is 7.05 Å². The van der Waals surface area contributed by atoms with E-state index >= 15 is 0 Å². The van der Waals surface area contributed by atoms with Gasteiger partial charge in [0.25, 0.3) is 5.69 Å². The van der Waals surface area contributed by atoms with Crippen molar-refractivity contribution in [2.45, 2.75) is 5.03 Å². The van der Waals surface area contributed by atoms with E-state index in [1.807, 2.05) is 0 Å². The number of fused-ring (bicyclic) bond motifs is 1. The van der Waals surface area contributed by atoms with Crippen LogP contribution in [0.1, 0.15) is 0 Å². The number of hydrogen-bond donors (Lipinski definition) is 1. The highest BCUT2D eigenvalue weighted by atomic mass is 32.2. The number of thioether (sulfide) groups is 1. The Morgan fingerprint density at radius 2 is 2.23 bits per heavy atom. The van der Waals surface area contributed by atoms with E-state index in [1.165, 1.54) is 37.3 Å². The summed E-state index contributed by atoms with van der Waals surface area (Å²) in [7, 11) is 3.17. The third-order valence-electron chi connectivity index (χ3n) is 3.51. The summed E-state index contributed by atoms with van der Waals surface area (Å²) in [6.45, 7) is 0. The fourth-order valence-electron chi connectivity index (χ4n) is 2.27. The molecule has 11 heteroatoms. The number of aryl methyl sites for hydroxylation is 1. The minimum atomic E-state index is -0.575. The van der Waals surface area contributed by atoms with Crippen LogP contribution < -0.4 is 10.1 Å². The van der Waals surface area contributed by atoms with Gasteiger partial charge in [0.05, 0.1) is 35.4 Å². The molecule has 1 amide bonds. The summed E-state index contributed by atoms with van der Waals surface area (Å²) < 4.78 is 6.58. The van der Waals surface area contributed by atoms with Crippen molar-refractivity contribution in [3.05, 3.63) is 40.8 Å². The number of hydrogen-bond acceptors (Lipinski definition) is 8. The molecular weight excluding hydrogens is 360 g/mol. The van der Waals surface area contributed by atoms with Gasteiger partial charge in [-0.2, -0.15) is 5.10 Å². The molecule has 1 N–H and O–H groups in total. The number of nitro groups is 1. The molecule has 3 aromatic rings. The van der Waals surface area contributed by atoms with Gasteiger partial charge in [-0.15, -0.1) is 0 Å². The number of methoxy groups -OCH3 is 1. The molecule has 1 aromatic carbocycles. The molecule has 3 rings (SSSR count). The van der Waals surface area contributed by atoms with Crippen LogP contribution in [0.5, 0.6) is 5.75 Å². The minimum Gasteiger partial charge on any atom is -0.496 e. The van der Waals surface area contributed by atoms with Crippen molar-refractivity contribution in [1.82, 2.24) is 19.7 Å². The summed E-state index contributed by atoms with van der Waals surface area (Å²) >= 11 is 1.20. The Labute approximate surface area is 151 Å². The minimum absolute atomic E-state index is 0.0319. The quantitative estimate of drug-likeness (QED) is 0.301. The van der Waals surface area contributed by atoms with Crippen molar-refractivity contribution < 1.29 is 14.5 Å². The fraction of sp³-hybridized carbons (Fsp3) is 0.200. The fourth-order valence-corrected chi connectivity index (χ4v) is 3.03. The SMILES string of the molecule is COc1ccc(NC(=O)CSc2ncnc3c2cnn3C)c([N+](=O)[O-])c1. The Morgan fingerprint density at radius 3 is 2.96 bits per heavy atom. The lowest BCUT2D eigenvalue weighted by Gasteiger charge is -2.07. The van der Waals surface area contributed by atoms with Crippen LogP contribution in [0.3, 0.4) is 0 Å². The highest BCUT2D eigenvalue weighted by Gasteiger charge is 2.18. The monoisotopic (exact) mass is 374 g/mol. The summed E-state index contributed by atoms with van der Waals surface area (Å²) in [5.41, 5.74) is 0.531. The molecule has 2 aromatic heterocycles. The first-order chi connectivity index (χ1) is 12.5. The Bertz CT molecular complexity index is 989. The molecule has 0 atom stereocenters. The summed E-state index contributed by atoms with van der Waals surface area (Å²) in [6, 6.07) is 4.23. The van der Waals surface area contributed by atoms with Gasteiger partial charge in [-0.25, -0.2) is 9.97 Å². The zero-order valence-corrected chi connectivity index (χ0v) is 14.7. The average molecular weight is 374 g/mol. The summed E-state index contributed by atoms with van der Waals surface area (Å²) in [5, 5.41) is 19.2. The third kappa shape index (κ3) is 3.57. The van der Waals surface area contributed by atoms with E-state index in [2.05, 4.69) is 20.4 Å². The topological polar surface area (TPSA) is 125 Å². The van der Waals surface area contributed by atoms with Crippen LogP contribution >= 0.6 is 11.8 Å². The largest absolute Gasteiger partial charge is 0.496 e. The first-order valence-electron chi connectivity index (χ1n) is 7.37. The van der Waals surface area contributed by atoms with Crippen molar-refractivity contribution in [2.75, 3.05) is 18.2 Å². The maximum atomic E-state index is 12.2. The van der Waals surface area contributed by atoms with E-state index in [0.717, 1.165) is 5.39 Å². The van der Waals surface area contributed by atoms with E-state index in [1.54, 1.807) is 24.0 Å². The van der Waals surface area contributed by atoms with E-state index in [9.17, 15) is 14.9 Å². The Morgan fingerprint density at radius 1 is 1.42 bits per heavy atom. The third-order valence-corrected chi connectivity index (χ3v) is 4.51. The number of nitro benzene ring substituents is 1. The zero-order chi connectivity index (χ0) is 18.7. The highest BCUT2D eigenvalue weighted by molar-refractivity contribution is 8.00. The molecule has 0 aliphatic carbocycles. The lowest BCUT2D eigenvalue weighted by Crippen LogP contribution is -2.15. The molecule has 0 radical (unpaired) electrons. The molecular formula is C15H14N6O4S. The van der Waals surface area contributed by atoms with Crippen molar-refractivity contribution >= 4 is 40.1 Å². The van der Waals surface area contributed by atoms with Crippen LogP contribution in [0.25, 0.3) is 11.0 Å². The lowest BCUT2D eigenvalue weighted by atomic mass is 10.2. The number of anilines is 1. The molecule has 0 saturated heterocycles. The number of ether oxygens (including phenoxy) is 1. The average Bonchev–Trinajstić information content (AvgIpc) is 3.02. The van der Waals surface area contributed by atoms with Gasteiger partial charge in [-0.05, 0) is 12.1 Å². The number of carbonyl (C=O) groups excluding carboxylic acids is 1. The van der Waals surface area contributed by atoms with Crippen molar-refractivity contribution in [1.29, 1.82) is 0 Å². The molecule has 26 heavy (non-hydrogen) atoms. The second kappa shape index (κ2) is 7.35. The number of rotatable bonds is 6. The van der Waals surface area contributed by atoms with Gasteiger partial charge in [-0.1, -0.05) is 11.8 Å². The normalized spacial score (nSPS) is 10.7. The summed E-state index contributed by atoms with van der Waals surface area (Å²) in [6.07, 6.45) is 3.03. The Hall–Kier alpha value is -3.21. The van der Waals surface area contributed by atoms with Crippen LogP contribution in [0.15, 0.2) is 35.7 Å². The van der Waals surface area contributed by atoms with Crippen LogP contribution in [0.4, 0.5) is 11.4 Å². The van der Waals surface area contributed by atoms with Crippen LogP contribution in [0, 0.1) is 10.1 Å². The maximum Gasteiger partial charge on any atom is 0.296 e. The van der Waals surface area contributed by atoms with E-state index in [-0.39, 0.29) is 23.0 Å². The van der Waals surface area contributed by atoms with Gasteiger partial charge >= 0.3 is 0 Å². The molecule has 0 aliphatic heterocycles. The van der Waals surface area contributed by atoms with Gasteiger partial charge in [0.15, 0.2) is 5.65 Å². The van der Waals surface area contributed by atoms with Crippen molar-refractivity contribution in [3.63, 3.8) is 0 Å². The first kappa shape index (κ1) is 17.6. The number of amides is 1. The molecule has 10 nitrogen and oxygen atoms in total. The number of carbonyl (C=O) groups is 1. The molecule has 134 valence electrons. The van der Waals surface area contributed by atoms with Gasteiger partial charge in [0.1, 0.15) is 22.8 Å². The molecule has 0 aliphatic rings. The number of nitrogens with zero attached hydrogens (tertiary/aromatic N) is 5. The number of nitrogens with one attached hydrogen (secondary N) is 1. The Kier molecular flexibility index (Phi) is 4.98. The zero-order valence-electron chi connectivity index (χ0n) is 13.9. The predicted octanol–water partition coefficient (Wildman–Crippen LogP) is 2.01. The molecule has 0 fully saturated rings. The number of benzene rings is 1. The van der Waals surface area contributed by atoms with E-state index in [4.69, 9.17) is 4.74 Å². The second-order valence-electron chi connectivity index (χ2n) is 5.16. The molecule has 0 saturated carbocycles. The van der Waals surface area contributed by atoms with Crippen LogP contribution in [0.2, 0.25) is 0 Å². The van der Waals surface area contributed by atoms with Gasteiger partial charge < -0.3 is 10.1 Å². The van der Waals surface area contributed by atoms with Gasteiger partial charge in [0.2, 0.25) is 5.91 Å². The van der Waals surface area contributed by atoms with Crippen LogP contribution in [-0.2, 0) is 11.8 Å². The highest BCUT2D eigenvalue weighted by Crippen LogP contribution is 2.29. The maximum absolute atomic E-state index is 12.2. The molecule has 0 unspecified atom stereocenters. The summed E-state index contributed by atoms with van der Waals surface area (Å²) in [4.78, 5) is 31.1. The molecule has 2 heterocycles. The second-order valence-corrected chi connectivity index (χ2v) is 6.13. The first-order valence-corrected chi connectivity index (χ1v) is 8.36. The van der Waals surface area contributed by atoms with E-state index in [0.29, 0.717) is 16.4 Å². The van der Waals surface area contributed by atoms with Crippen molar-refractivity contribution in [3.8, 4) is 5.75 Å². The van der Waals surface area contributed by atoms with Gasteiger partial charge in [-0.3, -0.25) is 19.6 Å². The lowest BCUT2D eigenvalue weighted by molar-refractivity contribution is -0.384. The molecule has 0 spiro atoms. The standard InChI is InChI=1S/C15H14N6O4S/c1-20-14-10(6-18-20)15(17-8-16-14)26-7-13(22)19-11-4-3-9(25-2)5-12(11)21(23)24/h3-6,8H,7H2,1-2H3,(H,19,22). The molecule has 0 bridgehead atoms. The van der Waals surface area contributed by atoms with Gasteiger partial charge in [0, 0.05) is 7.05 Å². The van der Waals surface area contributed by atoms with Crippen LogP contribution in [-0.4, -0.2) is 43.4 Å². The number of aromatic nitrogens is 4. The Balaban J connectivity index is 1.72.